The highest BCUT2D eigenvalue weighted by atomic mass is 19.1. The number of nitrogens with two attached hydrogens (primary N) is 1. The molecule has 0 bridgehead atoms. The summed E-state index contributed by atoms with van der Waals surface area (Å²) in [6.45, 7) is 1.45. The molecule has 0 saturated heterocycles. The summed E-state index contributed by atoms with van der Waals surface area (Å²) in [5.41, 5.74) is 6.27. The molecule has 1 saturated carbocycles. The van der Waals surface area contributed by atoms with Gasteiger partial charge in [-0.15, -0.1) is 0 Å². The zero-order chi connectivity index (χ0) is 12.1. The Balaban J connectivity index is 1.84. The monoisotopic (exact) mass is 239 g/mol. The first-order valence-corrected chi connectivity index (χ1v) is 5.98. The molecule has 1 aromatic rings. The van der Waals surface area contributed by atoms with Gasteiger partial charge in [-0.3, -0.25) is 0 Å². The van der Waals surface area contributed by atoms with Crippen LogP contribution in [0.5, 0.6) is 5.75 Å². The lowest BCUT2D eigenvalue weighted by molar-refractivity contribution is 0.00943. The maximum Gasteiger partial charge on any atom is 0.189 e. The Morgan fingerprint density at radius 2 is 2.18 bits per heavy atom. The Kier molecular flexibility index (Phi) is 4.34. The van der Waals surface area contributed by atoms with Crippen molar-refractivity contribution in [3.63, 3.8) is 0 Å². The fourth-order valence-corrected chi connectivity index (χ4v) is 1.64. The minimum Gasteiger partial charge on any atom is -0.467 e. The van der Waals surface area contributed by atoms with E-state index in [1.165, 1.54) is 25.0 Å². The topological polar surface area (TPSA) is 44.5 Å². The number of rotatable bonds is 7. The lowest BCUT2D eigenvalue weighted by Crippen LogP contribution is -2.09. The standard InChI is InChI=1S/C13H18FNO2/c14-12-3-4-13(11(7-12)5-6-15)17-9-16-8-10-1-2-10/h3-4,7,10H,1-2,5-6,8-9,15H2. The number of ether oxygens (including phenoxy) is 2. The minimum atomic E-state index is -0.264. The largest absolute Gasteiger partial charge is 0.467 e. The van der Waals surface area contributed by atoms with E-state index in [0.29, 0.717) is 18.7 Å². The molecule has 1 aliphatic rings. The van der Waals surface area contributed by atoms with Crippen LogP contribution in [0.1, 0.15) is 18.4 Å². The smallest absolute Gasteiger partial charge is 0.189 e. The fraction of sp³-hybridized carbons (Fsp3) is 0.538. The molecular formula is C13H18FNO2. The number of hydrogen-bond donors (Lipinski definition) is 1. The highest BCUT2D eigenvalue weighted by molar-refractivity contribution is 5.34. The van der Waals surface area contributed by atoms with Crippen LogP contribution < -0.4 is 10.5 Å². The van der Waals surface area contributed by atoms with Gasteiger partial charge in [0.15, 0.2) is 6.79 Å². The van der Waals surface area contributed by atoms with Gasteiger partial charge in [0.1, 0.15) is 11.6 Å². The zero-order valence-corrected chi connectivity index (χ0v) is 9.82. The Bertz CT molecular complexity index is 366. The van der Waals surface area contributed by atoms with Crippen molar-refractivity contribution in [3.8, 4) is 5.75 Å². The first kappa shape index (κ1) is 12.3. The molecule has 3 nitrogen and oxygen atoms in total. The van der Waals surface area contributed by atoms with E-state index in [1.54, 1.807) is 6.07 Å². The molecule has 4 heteroatoms. The van der Waals surface area contributed by atoms with Gasteiger partial charge in [0, 0.05) is 0 Å². The van der Waals surface area contributed by atoms with E-state index in [2.05, 4.69) is 0 Å². The average molecular weight is 239 g/mol. The van der Waals surface area contributed by atoms with E-state index in [1.807, 2.05) is 0 Å². The van der Waals surface area contributed by atoms with Crippen LogP contribution in [-0.4, -0.2) is 19.9 Å². The quantitative estimate of drug-likeness (QED) is 0.585. The average Bonchev–Trinajstić information content (AvgIpc) is 3.11. The second kappa shape index (κ2) is 5.98. The molecule has 0 atom stereocenters. The number of hydrogen-bond acceptors (Lipinski definition) is 3. The Hall–Kier alpha value is -1.13. The van der Waals surface area contributed by atoms with Crippen LogP contribution >= 0.6 is 0 Å². The highest BCUT2D eigenvalue weighted by Gasteiger charge is 2.21. The Morgan fingerprint density at radius 3 is 2.88 bits per heavy atom. The molecular weight excluding hydrogens is 221 g/mol. The van der Waals surface area contributed by atoms with Gasteiger partial charge in [0.05, 0.1) is 6.61 Å². The van der Waals surface area contributed by atoms with E-state index in [9.17, 15) is 4.39 Å². The third-order valence-corrected chi connectivity index (χ3v) is 2.78. The van der Waals surface area contributed by atoms with Crippen molar-refractivity contribution >= 4 is 0 Å². The van der Waals surface area contributed by atoms with Crippen molar-refractivity contribution in [2.45, 2.75) is 19.3 Å². The van der Waals surface area contributed by atoms with Crippen LogP contribution in [0.4, 0.5) is 4.39 Å². The van der Waals surface area contributed by atoms with Gasteiger partial charge in [0.25, 0.3) is 0 Å². The molecule has 1 aliphatic carbocycles. The first-order chi connectivity index (χ1) is 8.29. The van der Waals surface area contributed by atoms with E-state index < -0.39 is 0 Å². The SMILES string of the molecule is NCCc1cc(F)ccc1OCOCC1CC1. The summed E-state index contributed by atoms with van der Waals surface area (Å²) in [5, 5.41) is 0. The van der Waals surface area contributed by atoms with Gasteiger partial charge in [-0.1, -0.05) is 0 Å². The van der Waals surface area contributed by atoms with Crippen LogP contribution in [0, 0.1) is 11.7 Å². The summed E-state index contributed by atoms with van der Waals surface area (Å²) in [7, 11) is 0. The molecule has 94 valence electrons. The van der Waals surface area contributed by atoms with Gasteiger partial charge >= 0.3 is 0 Å². The summed E-state index contributed by atoms with van der Waals surface area (Å²) in [4.78, 5) is 0. The lowest BCUT2D eigenvalue weighted by atomic mass is 10.1. The summed E-state index contributed by atoms with van der Waals surface area (Å²) in [5.74, 6) is 1.11. The van der Waals surface area contributed by atoms with E-state index in [-0.39, 0.29) is 12.6 Å². The van der Waals surface area contributed by atoms with Gasteiger partial charge < -0.3 is 15.2 Å². The molecule has 0 heterocycles. The second-order valence-corrected chi connectivity index (χ2v) is 4.37. The zero-order valence-electron chi connectivity index (χ0n) is 9.82. The maximum atomic E-state index is 13.0. The van der Waals surface area contributed by atoms with Crippen LogP contribution in [0.15, 0.2) is 18.2 Å². The fourth-order valence-electron chi connectivity index (χ4n) is 1.64. The molecule has 1 fully saturated rings. The molecule has 0 spiro atoms. The predicted molar refractivity (Wildman–Crippen MR) is 63.3 cm³/mol. The van der Waals surface area contributed by atoms with Crippen molar-refractivity contribution in [3.05, 3.63) is 29.6 Å². The first-order valence-electron chi connectivity index (χ1n) is 5.98. The molecule has 2 rings (SSSR count). The van der Waals surface area contributed by atoms with Crippen molar-refractivity contribution in [2.75, 3.05) is 19.9 Å². The van der Waals surface area contributed by atoms with Gasteiger partial charge in [-0.25, -0.2) is 4.39 Å². The van der Waals surface area contributed by atoms with Crippen molar-refractivity contribution in [2.24, 2.45) is 11.7 Å². The highest BCUT2D eigenvalue weighted by Crippen LogP contribution is 2.28. The van der Waals surface area contributed by atoms with E-state index >= 15 is 0 Å². The second-order valence-electron chi connectivity index (χ2n) is 4.37. The summed E-state index contributed by atoms with van der Waals surface area (Å²) < 4.78 is 23.9. The summed E-state index contributed by atoms with van der Waals surface area (Å²) >= 11 is 0. The third-order valence-electron chi connectivity index (χ3n) is 2.78. The molecule has 1 aromatic carbocycles. The van der Waals surface area contributed by atoms with E-state index in [0.717, 1.165) is 18.1 Å². The van der Waals surface area contributed by atoms with Crippen LogP contribution in [0.2, 0.25) is 0 Å². The van der Waals surface area contributed by atoms with Crippen molar-refractivity contribution in [1.82, 2.24) is 0 Å². The van der Waals surface area contributed by atoms with Crippen LogP contribution in [0.3, 0.4) is 0 Å². The van der Waals surface area contributed by atoms with Gasteiger partial charge in [-0.05, 0) is 55.5 Å². The van der Waals surface area contributed by atoms with Crippen LogP contribution in [-0.2, 0) is 11.2 Å². The molecule has 0 amide bonds. The predicted octanol–water partition coefficient (Wildman–Crippen LogP) is 2.09. The summed E-state index contributed by atoms with van der Waals surface area (Å²) in [6, 6.07) is 4.47. The van der Waals surface area contributed by atoms with Crippen molar-refractivity contribution in [1.29, 1.82) is 0 Å². The van der Waals surface area contributed by atoms with Crippen LogP contribution in [0.25, 0.3) is 0 Å². The third kappa shape index (κ3) is 3.98. The molecule has 2 N–H and O–H groups in total. The molecule has 17 heavy (non-hydrogen) atoms. The Labute approximate surface area is 101 Å². The minimum absolute atomic E-state index is 0.222. The molecule has 0 aliphatic heterocycles. The summed E-state index contributed by atoms with van der Waals surface area (Å²) in [6.07, 6.45) is 3.12. The van der Waals surface area contributed by atoms with E-state index in [4.69, 9.17) is 15.2 Å². The normalized spacial score (nSPS) is 14.9. The van der Waals surface area contributed by atoms with Gasteiger partial charge in [0.2, 0.25) is 0 Å². The van der Waals surface area contributed by atoms with Crippen molar-refractivity contribution < 1.29 is 13.9 Å². The lowest BCUT2D eigenvalue weighted by Gasteiger charge is -2.11. The molecule has 0 unspecified atom stereocenters. The Morgan fingerprint density at radius 1 is 1.35 bits per heavy atom. The number of halogens is 1. The molecule has 0 radical (unpaired) electrons. The number of benzene rings is 1. The van der Waals surface area contributed by atoms with Gasteiger partial charge in [-0.2, -0.15) is 0 Å². The molecule has 0 aromatic heterocycles. The maximum absolute atomic E-state index is 13.0.